The van der Waals surface area contributed by atoms with Crippen molar-refractivity contribution in [2.45, 2.75) is 51.2 Å². The van der Waals surface area contributed by atoms with E-state index < -0.39 is 0 Å². The van der Waals surface area contributed by atoms with Gasteiger partial charge in [0.25, 0.3) is 0 Å². The number of carbonyl (C=O) groups is 1. The quantitative estimate of drug-likeness (QED) is 0.792. The predicted molar refractivity (Wildman–Crippen MR) is 102 cm³/mol. The molecule has 1 aliphatic rings. The van der Waals surface area contributed by atoms with E-state index in [1.165, 1.54) is 19.3 Å². The highest BCUT2D eigenvalue weighted by molar-refractivity contribution is 5.85. The molecule has 6 nitrogen and oxygen atoms in total. The van der Waals surface area contributed by atoms with Crippen LogP contribution in [0.3, 0.4) is 0 Å². The summed E-state index contributed by atoms with van der Waals surface area (Å²) in [5.74, 6) is 0.00649. The van der Waals surface area contributed by atoms with Crippen LogP contribution in [-0.4, -0.2) is 52.8 Å². The van der Waals surface area contributed by atoms with Crippen molar-refractivity contribution in [1.82, 2.24) is 25.3 Å². The molecule has 1 aliphatic heterocycles. The van der Waals surface area contributed by atoms with Gasteiger partial charge in [0.05, 0.1) is 6.20 Å². The number of nitrogens with one attached hydrogen (secondary N) is 2. The van der Waals surface area contributed by atoms with Gasteiger partial charge in [-0.3, -0.25) is 14.4 Å². The number of hydrogen-bond donors (Lipinski definition) is 2. The van der Waals surface area contributed by atoms with E-state index in [1.54, 1.807) is 17.9 Å². The number of likely N-dealkylation sites (N-methyl/N-ethyl adjacent to an activating group) is 1. The van der Waals surface area contributed by atoms with Crippen LogP contribution in [0.1, 0.15) is 44.7 Å². The number of aromatic nitrogens is 2. The van der Waals surface area contributed by atoms with Crippen LogP contribution in [0, 0.1) is 0 Å². The van der Waals surface area contributed by atoms with Crippen molar-refractivity contribution in [3.8, 4) is 0 Å². The molecule has 0 radical (unpaired) electrons. The molecule has 0 aromatic carbocycles. The number of halogens is 2. The van der Waals surface area contributed by atoms with Gasteiger partial charge < -0.3 is 10.6 Å². The molecule has 2 N–H and O–H groups in total. The molecule has 3 atom stereocenters. The normalized spacial score (nSPS) is 20.4. The molecule has 140 valence electrons. The zero-order valence-corrected chi connectivity index (χ0v) is 16.6. The fourth-order valence-corrected chi connectivity index (χ4v) is 3.28. The third kappa shape index (κ3) is 5.92. The molecule has 1 fully saturated rings. The zero-order chi connectivity index (χ0) is 16.1. The molecule has 0 saturated carbocycles. The van der Waals surface area contributed by atoms with Crippen LogP contribution in [0.25, 0.3) is 0 Å². The van der Waals surface area contributed by atoms with Gasteiger partial charge in [-0.2, -0.15) is 5.10 Å². The van der Waals surface area contributed by atoms with Gasteiger partial charge in [0.2, 0.25) is 5.91 Å². The molecule has 0 aliphatic carbocycles. The maximum atomic E-state index is 12.4. The highest BCUT2D eigenvalue weighted by Crippen LogP contribution is 2.19. The Kier molecular flexibility index (Phi) is 10.6. The molecule has 24 heavy (non-hydrogen) atoms. The topological polar surface area (TPSA) is 62.2 Å². The third-order valence-corrected chi connectivity index (χ3v) is 4.60. The molecule has 3 unspecified atom stereocenters. The van der Waals surface area contributed by atoms with Crippen molar-refractivity contribution in [2.75, 3.05) is 20.1 Å². The maximum Gasteiger partial charge on any atom is 0.241 e. The van der Waals surface area contributed by atoms with Crippen LogP contribution in [0.5, 0.6) is 0 Å². The Bertz CT molecular complexity index is 497. The first-order valence-corrected chi connectivity index (χ1v) is 8.22. The second-order valence-electron chi connectivity index (χ2n) is 6.35. The van der Waals surface area contributed by atoms with Crippen molar-refractivity contribution in [3.63, 3.8) is 0 Å². The lowest BCUT2D eigenvalue weighted by atomic mass is 10.0. The molecular formula is C16H31Cl2N5O. The van der Waals surface area contributed by atoms with Crippen LogP contribution in [-0.2, 0) is 11.8 Å². The summed E-state index contributed by atoms with van der Waals surface area (Å²) >= 11 is 0. The average molecular weight is 380 g/mol. The third-order valence-electron chi connectivity index (χ3n) is 4.60. The van der Waals surface area contributed by atoms with Crippen molar-refractivity contribution < 1.29 is 4.79 Å². The minimum absolute atomic E-state index is 0. The highest BCUT2D eigenvalue weighted by atomic mass is 35.5. The smallest absolute Gasteiger partial charge is 0.241 e. The minimum Gasteiger partial charge on any atom is -0.353 e. The number of hydrogen-bond acceptors (Lipinski definition) is 4. The van der Waals surface area contributed by atoms with Crippen molar-refractivity contribution in [3.05, 3.63) is 18.0 Å². The van der Waals surface area contributed by atoms with E-state index in [-0.39, 0.29) is 36.8 Å². The van der Waals surface area contributed by atoms with Crippen molar-refractivity contribution >= 4 is 30.7 Å². The summed E-state index contributed by atoms with van der Waals surface area (Å²) in [6, 6.07) is 0.629. The lowest BCUT2D eigenvalue weighted by molar-refractivity contribution is -0.123. The van der Waals surface area contributed by atoms with Crippen LogP contribution >= 0.6 is 24.8 Å². The Balaban J connectivity index is 0.00000264. The first-order valence-electron chi connectivity index (χ1n) is 8.22. The van der Waals surface area contributed by atoms with Gasteiger partial charge >= 0.3 is 0 Å². The Hall–Kier alpha value is -0.820. The fourth-order valence-electron chi connectivity index (χ4n) is 3.28. The van der Waals surface area contributed by atoms with E-state index in [2.05, 4.69) is 34.5 Å². The number of nitrogens with zero attached hydrogens (tertiary/aromatic N) is 3. The maximum absolute atomic E-state index is 12.4. The second kappa shape index (κ2) is 10.9. The number of likely N-dealkylation sites (tertiary alicyclic amines) is 1. The van der Waals surface area contributed by atoms with Gasteiger partial charge in [-0.05, 0) is 40.3 Å². The Morgan fingerprint density at radius 1 is 1.42 bits per heavy atom. The standard InChI is InChI=1S/C16H29N5O.2ClH/c1-12-7-5-6-8-21(12)13(2)9-18-16(22)15(17-3)14-10-19-20(4)11-14;;/h10-13,15,17H,5-9H2,1-4H3,(H,18,22);2*1H. The van der Waals surface area contributed by atoms with Crippen LogP contribution in [0.15, 0.2) is 12.4 Å². The Morgan fingerprint density at radius 3 is 2.67 bits per heavy atom. The molecule has 1 aromatic rings. The van der Waals surface area contributed by atoms with E-state index >= 15 is 0 Å². The summed E-state index contributed by atoms with van der Waals surface area (Å²) in [5.41, 5.74) is 0.890. The average Bonchev–Trinajstić information content (AvgIpc) is 2.92. The van der Waals surface area contributed by atoms with E-state index in [1.807, 2.05) is 13.2 Å². The summed E-state index contributed by atoms with van der Waals surface area (Å²) < 4.78 is 1.71. The Labute approximate surface area is 157 Å². The predicted octanol–water partition coefficient (Wildman–Crippen LogP) is 1.90. The van der Waals surface area contributed by atoms with Gasteiger partial charge in [0.15, 0.2) is 0 Å². The van der Waals surface area contributed by atoms with Gasteiger partial charge in [0.1, 0.15) is 6.04 Å². The van der Waals surface area contributed by atoms with E-state index in [0.717, 1.165) is 12.1 Å². The Morgan fingerprint density at radius 2 is 2.12 bits per heavy atom. The molecule has 2 rings (SSSR count). The lowest BCUT2D eigenvalue weighted by Crippen LogP contribution is -2.49. The highest BCUT2D eigenvalue weighted by Gasteiger charge is 2.25. The van der Waals surface area contributed by atoms with Gasteiger partial charge in [0, 0.05) is 37.4 Å². The molecule has 0 spiro atoms. The molecule has 1 aromatic heterocycles. The fraction of sp³-hybridized carbons (Fsp3) is 0.750. The number of rotatable bonds is 6. The summed E-state index contributed by atoms with van der Waals surface area (Å²) in [6.45, 7) is 6.29. The van der Waals surface area contributed by atoms with Crippen LogP contribution in [0.2, 0.25) is 0 Å². The van der Waals surface area contributed by atoms with Crippen molar-refractivity contribution in [1.29, 1.82) is 0 Å². The number of aryl methyl sites for hydroxylation is 1. The largest absolute Gasteiger partial charge is 0.353 e. The number of carbonyl (C=O) groups excluding carboxylic acids is 1. The first-order chi connectivity index (χ1) is 10.5. The molecule has 1 saturated heterocycles. The monoisotopic (exact) mass is 379 g/mol. The van der Waals surface area contributed by atoms with E-state index in [4.69, 9.17) is 0 Å². The molecular weight excluding hydrogens is 349 g/mol. The summed E-state index contributed by atoms with van der Waals surface area (Å²) in [6.07, 6.45) is 7.44. The number of piperidine rings is 1. The summed E-state index contributed by atoms with van der Waals surface area (Å²) in [7, 11) is 3.65. The molecule has 2 heterocycles. The van der Waals surface area contributed by atoms with E-state index in [0.29, 0.717) is 18.6 Å². The van der Waals surface area contributed by atoms with Crippen LogP contribution < -0.4 is 10.6 Å². The van der Waals surface area contributed by atoms with Gasteiger partial charge in [-0.15, -0.1) is 24.8 Å². The second-order valence-corrected chi connectivity index (χ2v) is 6.35. The minimum atomic E-state index is -0.348. The van der Waals surface area contributed by atoms with Crippen molar-refractivity contribution in [2.24, 2.45) is 7.05 Å². The number of amides is 1. The SMILES string of the molecule is CNC(C(=O)NCC(C)N1CCCCC1C)c1cnn(C)c1.Cl.Cl. The summed E-state index contributed by atoms with van der Waals surface area (Å²) in [5, 5.41) is 10.3. The molecule has 1 amide bonds. The summed E-state index contributed by atoms with van der Waals surface area (Å²) in [4.78, 5) is 14.9. The molecule has 0 bridgehead atoms. The van der Waals surface area contributed by atoms with Gasteiger partial charge in [-0.25, -0.2) is 0 Å². The first kappa shape index (κ1) is 23.2. The zero-order valence-electron chi connectivity index (χ0n) is 15.0. The van der Waals surface area contributed by atoms with E-state index in [9.17, 15) is 4.79 Å². The lowest BCUT2D eigenvalue weighted by Gasteiger charge is -2.38. The van der Waals surface area contributed by atoms with Crippen LogP contribution in [0.4, 0.5) is 0 Å². The van der Waals surface area contributed by atoms with Gasteiger partial charge in [-0.1, -0.05) is 6.42 Å². The molecule has 8 heteroatoms.